The highest BCUT2D eigenvalue weighted by molar-refractivity contribution is 6.41. The monoisotopic (exact) mass is 353 g/mol. The van der Waals surface area contributed by atoms with Gasteiger partial charge in [-0.1, -0.05) is 35.9 Å². The van der Waals surface area contributed by atoms with Crippen LogP contribution in [-0.4, -0.2) is 11.8 Å². The number of carbonyl (C=O) groups excluding carboxylic acids is 2. The smallest absolute Gasteiger partial charge is 0.258 e. The Kier molecular flexibility index (Phi) is 6.88. The predicted octanol–water partition coefficient (Wildman–Crippen LogP) is 3.69. The lowest BCUT2D eigenvalue weighted by Gasteiger charge is -2.11. The number of benzene rings is 1. The van der Waals surface area contributed by atoms with E-state index in [1.165, 1.54) is 6.92 Å². The molecule has 0 aliphatic rings. The Morgan fingerprint density at radius 3 is 2.00 bits per heavy atom. The molecule has 0 fully saturated rings. The summed E-state index contributed by atoms with van der Waals surface area (Å²) >= 11 is 11.9. The minimum absolute atomic E-state index is 0.00475. The highest BCUT2D eigenvalue weighted by Crippen LogP contribution is 2.25. The van der Waals surface area contributed by atoms with Crippen molar-refractivity contribution in [3.8, 4) is 0 Å². The van der Waals surface area contributed by atoms with E-state index < -0.39 is 5.91 Å². The maximum Gasteiger partial charge on any atom is 0.258 e. The molecule has 0 unspecified atom stereocenters. The number of halogens is 2. The molecule has 0 atom stereocenters. The van der Waals surface area contributed by atoms with Gasteiger partial charge in [-0.15, -0.1) is 0 Å². The molecule has 0 spiro atoms. The maximum absolute atomic E-state index is 12.3. The highest BCUT2D eigenvalue weighted by atomic mass is 35.5. The van der Waals surface area contributed by atoms with E-state index >= 15 is 0 Å². The molecular weight excluding hydrogens is 337 g/mol. The summed E-state index contributed by atoms with van der Waals surface area (Å²) in [6, 6.07) is 6.56. The van der Waals surface area contributed by atoms with Crippen molar-refractivity contribution in [1.82, 2.24) is 0 Å². The summed E-state index contributed by atoms with van der Waals surface area (Å²) in [5.41, 5.74) is 7.04. The van der Waals surface area contributed by atoms with E-state index in [0.717, 1.165) is 0 Å². The molecule has 0 saturated heterocycles. The third kappa shape index (κ3) is 5.47. The van der Waals surface area contributed by atoms with Gasteiger partial charge in [0.15, 0.2) is 0 Å². The molecule has 1 rings (SSSR count). The molecule has 0 heterocycles. The lowest BCUT2D eigenvalue weighted by atomic mass is 10.1. The number of carbonyl (C=O) groups is 2. The van der Waals surface area contributed by atoms with E-state index in [1.54, 1.807) is 37.3 Å². The van der Waals surface area contributed by atoms with Crippen molar-refractivity contribution >= 4 is 46.4 Å². The van der Waals surface area contributed by atoms with Gasteiger partial charge in [-0.3, -0.25) is 9.59 Å². The molecule has 0 aliphatic heterocycles. The summed E-state index contributed by atoms with van der Waals surface area (Å²) in [4.78, 5) is 23.3. The van der Waals surface area contributed by atoms with E-state index in [4.69, 9.17) is 28.9 Å². The lowest BCUT2D eigenvalue weighted by molar-refractivity contribution is -0.114. The summed E-state index contributed by atoms with van der Waals surface area (Å²) in [5, 5.41) is 5.27. The molecular formula is C16H17Cl2N3O2. The van der Waals surface area contributed by atoms with Crippen LogP contribution in [0.4, 0.5) is 11.4 Å². The summed E-state index contributed by atoms with van der Waals surface area (Å²) in [6.45, 7) is 6.63. The van der Waals surface area contributed by atoms with Gasteiger partial charge < -0.3 is 16.4 Å². The SMILES string of the molecule is C=C(Cl)/C(C(=O)Nc1ccc(NC(C)=O)cc1)=C(Cl)\C(N)=C/C. The molecule has 0 saturated carbocycles. The molecule has 23 heavy (non-hydrogen) atoms. The van der Waals surface area contributed by atoms with E-state index in [0.29, 0.717) is 11.4 Å². The first-order valence-electron chi connectivity index (χ1n) is 6.62. The number of allylic oxidation sites excluding steroid dienone is 2. The Bertz CT molecular complexity index is 692. The zero-order valence-electron chi connectivity index (χ0n) is 12.7. The van der Waals surface area contributed by atoms with E-state index in [2.05, 4.69) is 17.2 Å². The lowest BCUT2D eigenvalue weighted by Crippen LogP contribution is -2.17. The van der Waals surface area contributed by atoms with Crippen molar-refractivity contribution in [3.63, 3.8) is 0 Å². The fourth-order valence-electron chi connectivity index (χ4n) is 1.65. The predicted molar refractivity (Wildman–Crippen MR) is 95.2 cm³/mol. The Balaban J connectivity index is 3.00. The number of anilines is 2. The van der Waals surface area contributed by atoms with Crippen LogP contribution in [0.2, 0.25) is 0 Å². The molecule has 0 aliphatic carbocycles. The molecule has 0 radical (unpaired) electrons. The molecule has 1 aromatic rings. The van der Waals surface area contributed by atoms with Gasteiger partial charge in [-0.05, 0) is 31.2 Å². The maximum atomic E-state index is 12.3. The Morgan fingerprint density at radius 1 is 1.13 bits per heavy atom. The summed E-state index contributed by atoms with van der Waals surface area (Å²) < 4.78 is 0. The number of hydrogen-bond donors (Lipinski definition) is 3. The van der Waals surface area contributed by atoms with Crippen molar-refractivity contribution < 1.29 is 9.59 Å². The van der Waals surface area contributed by atoms with Crippen molar-refractivity contribution in [1.29, 1.82) is 0 Å². The van der Waals surface area contributed by atoms with Gasteiger partial charge in [-0.2, -0.15) is 0 Å². The molecule has 0 bridgehead atoms. The van der Waals surface area contributed by atoms with Crippen LogP contribution in [0.1, 0.15) is 13.8 Å². The summed E-state index contributed by atoms with van der Waals surface area (Å²) in [6.07, 6.45) is 1.55. The second kappa shape index (κ2) is 8.41. The Labute approximate surface area is 144 Å². The van der Waals surface area contributed by atoms with Crippen LogP contribution in [0.15, 0.2) is 58.3 Å². The van der Waals surface area contributed by atoms with E-state index in [-0.39, 0.29) is 27.2 Å². The van der Waals surface area contributed by atoms with Crippen LogP contribution >= 0.6 is 23.2 Å². The average Bonchev–Trinajstić information content (AvgIpc) is 2.47. The number of nitrogens with two attached hydrogens (primary N) is 1. The quantitative estimate of drug-likeness (QED) is 0.557. The van der Waals surface area contributed by atoms with Gasteiger partial charge in [0.25, 0.3) is 5.91 Å². The second-order valence-electron chi connectivity index (χ2n) is 4.55. The van der Waals surface area contributed by atoms with Crippen LogP contribution < -0.4 is 16.4 Å². The fraction of sp³-hybridized carbons (Fsp3) is 0.125. The molecule has 4 N–H and O–H groups in total. The summed E-state index contributed by atoms with van der Waals surface area (Å²) in [7, 11) is 0. The van der Waals surface area contributed by atoms with Crippen LogP contribution in [0.5, 0.6) is 0 Å². The van der Waals surface area contributed by atoms with Crippen molar-refractivity contribution in [2.24, 2.45) is 5.73 Å². The second-order valence-corrected chi connectivity index (χ2v) is 5.38. The molecule has 7 heteroatoms. The standard InChI is InChI=1S/C16H17Cl2N3O2/c1-4-13(19)15(18)14(9(2)17)16(23)21-12-7-5-11(6-8-12)20-10(3)22/h4-8H,2,19H2,1,3H3,(H,20,22)(H,21,23)/b13-4+,15-14-. The largest absolute Gasteiger partial charge is 0.398 e. The minimum atomic E-state index is -0.535. The molecule has 0 aromatic heterocycles. The third-order valence-corrected chi connectivity index (χ3v) is 3.34. The Hall–Kier alpha value is -2.24. The first-order chi connectivity index (χ1) is 10.8. The molecule has 1 aromatic carbocycles. The highest BCUT2D eigenvalue weighted by Gasteiger charge is 2.18. The number of rotatable bonds is 5. The first-order valence-corrected chi connectivity index (χ1v) is 7.37. The van der Waals surface area contributed by atoms with Gasteiger partial charge in [0.2, 0.25) is 5.91 Å². The number of hydrogen-bond acceptors (Lipinski definition) is 3. The van der Waals surface area contributed by atoms with Crippen LogP contribution in [0, 0.1) is 0 Å². The fourth-order valence-corrected chi connectivity index (χ4v) is 2.18. The molecule has 122 valence electrons. The van der Waals surface area contributed by atoms with E-state index in [9.17, 15) is 9.59 Å². The third-order valence-electron chi connectivity index (χ3n) is 2.75. The topological polar surface area (TPSA) is 84.2 Å². The van der Waals surface area contributed by atoms with Gasteiger partial charge >= 0.3 is 0 Å². The Morgan fingerprint density at radius 2 is 1.61 bits per heavy atom. The van der Waals surface area contributed by atoms with Crippen LogP contribution in [0.3, 0.4) is 0 Å². The van der Waals surface area contributed by atoms with Crippen molar-refractivity contribution in [3.05, 3.63) is 58.3 Å². The summed E-state index contributed by atoms with van der Waals surface area (Å²) in [5.74, 6) is -0.717. The van der Waals surface area contributed by atoms with Gasteiger partial charge in [0, 0.05) is 29.0 Å². The zero-order valence-corrected chi connectivity index (χ0v) is 14.3. The average molecular weight is 354 g/mol. The zero-order chi connectivity index (χ0) is 17.6. The van der Waals surface area contributed by atoms with Crippen LogP contribution in [-0.2, 0) is 9.59 Å². The van der Waals surface area contributed by atoms with Gasteiger partial charge in [-0.25, -0.2) is 0 Å². The normalized spacial score (nSPS) is 12.3. The first kappa shape index (κ1) is 18.8. The van der Waals surface area contributed by atoms with E-state index in [1.807, 2.05) is 0 Å². The van der Waals surface area contributed by atoms with Gasteiger partial charge in [0.1, 0.15) is 0 Å². The number of nitrogens with one attached hydrogen (secondary N) is 2. The molecule has 2 amide bonds. The van der Waals surface area contributed by atoms with Crippen molar-refractivity contribution in [2.45, 2.75) is 13.8 Å². The molecule has 5 nitrogen and oxygen atoms in total. The van der Waals surface area contributed by atoms with Crippen LogP contribution in [0.25, 0.3) is 0 Å². The number of amides is 2. The van der Waals surface area contributed by atoms with Crippen molar-refractivity contribution in [2.75, 3.05) is 10.6 Å². The minimum Gasteiger partial charge on any atom is -0.398 e. The van der Waals surface area contributed by atoms with Gasteiger partial charge in [0.05, 0.1) is 10.6 Å².